The quantitative estimate of drug-likeness (QED) is 0.0255. The molecular formula is C47H84N4O23S. The van der Waals surface area contributed by atoms with Crippen molar-refractivity contribution in [2.24, 2.45) is 0 Å². The monoisotopic (exact) mass is 1100 g/mol. The highest BCUT2D eigenvalue weighted by Gasteiger charge is 2.56. The molecule has 75 heavy (non-hydrogen) atoms. The molecule has 4 amide bonds. The Morgan fingerprint density at radius 3 is 1.24 bits per heavy atom. The zero-order chi connectivity index (χ0) is 55.6. The van der Waals surface area contributed by atoms with Crippen molar-refractivity contribution in [1.82, 2.24) is 21.3 Å². The molecule has 0 spiro atoms. The molecule has 4 heterocycles. The molecule has 0 aromatic heterocycles. The van der Waals surface area contributed by atoms with E-state index in [4.69, 9.17) is 33.2 Å². The van der Waals surface area contributed by atoms with Crippen LogP contribution in [0.15, 0.2) is 0 Å². The van der Waals surface area contributed by atoms with Gasteiger partial charge < -0.3 is 95.3 Å². The number of nitrogens with one attached hydrogen (secondary N) is 4. The van der Waals surface area contributed by atoms with Gasteiger partial charge >= 0.3 is 10.4 Å². The molecule has 4 fully saturated rings. The lowest BCUT2D eigenvalue weighted by Gasteiger charge is -2.51. The standard InChI is InChI=1S/C47H84N4O23S/c1-6-7-8-9-10-11-12-13-14-15-16-17-18-19-32(58)51-34-38(60)37(59)28(20-52)69-45(34)72-42-29(21-53)70-46(35(40(42)62)49-26(4)56)73-43-30(22-54)71-47(36(41(43)63)50-27(5)57)74-44-31(23-67-75(64,65)66)68-24(2)33(39(44)61)48-25(3)55/h24,28-31,33-47,52-54,59-63H,6-23H2,1-5H3,(H,48,55)(H,49,56)(H,50,57)(H,51,58)(H,64,65,66)/t24-,28+,29-,30+,31-,33-,34+,35+,36+,37?,38?,39?,40?,41?,42?,43?,44?,45?,46-,47?/m0/s1. The number of unbranched alkanes of at least 4 members (excludes halogenated alkanes) is 12. The first-order chi connectivity index (χ1) is 35.5. The number of aliphatic hydroxyl groups is 8. The molecule has 0 aromatic carbocycles. The van der Waals surface area contributed by atoms with E-state index >= 15 is 0 Å². The molecule has 0 saturated carbocycles. The van der Waals surface area contributed by atoms with Gasteiger partial charge in [-0.3, -0.25) is 23.7 Å². The van der Waals surface area contributed by atoms with Crippen molar-refractivity contribution < 1.29 is 110 Å². The molecule has 10 unspecified atom stereocenters. The number of carbonyl (C=O) groups is 4. The molecule has 0 radical (unpaired) electrons. The molecule has 4 rings (SSSR count). The number of hydrogen-bond acceptors (Lipinski definition) is 22. The van der Waals surface area contributed by atoms with Crippen LogP contribution in [0.5, 0.6) is 0 Å². The van der Waals surface area contributed by atoms with Gasteiger partial charge in [-0.2, -0.15) is 8.42 Å². The highest BCUT2D eigenvalue weighted by molar-refractivity contribution is 7.80. The first-order valence-electron chi connectivity index (χ1n) is 26.1. The summed E-state index contributed by atoms with van der Waals surface area (Å²) in [5.74, 6) is -2.67. The van der Waals surface area contributed by atoms with Crippen molar-refractivity contribution in [3.05, 3.63) is 0 Å². The van der Waals surface area contributed by atoms with Gasteiger partial charge in [0.25, 0.3) is 0 Å². The van der Waals surface area contributed by atoms with E-state index < -0.39 is 183 Å². The molecule has 4 aliphatic rings. The normalized spacial score (nSPS) is 36.3. The maximum atomic E-state index is 13.3. The summed E-state index contributed by atoms with van der Waals surface area (Å²) in [6.45, 7) is 3.26. The average molecular weight is 1110 g/mol. The van der Waals surface area contributed by atoms with Crippen LogP contribution in [0.3, 0.4) is 0 Å². The van der Waals surface area contributed by atoms with Crippen molar-refractivity contribution in [1.29, 1.82) is 0 Å². The Bertz CT molecular complexity index is 1860. The van der Waals surface area contributed by atoms with E-state index in [2.05, 4.69) is 32.4 Å². The summed E-state index contributed by atoms with van der Waals surface area (Å²) in [5.41, 5.74) is 0. The molecule has 0 aliphatic carbocycles. The van der Waals surface area contributed by atoms with E-state index in [0.29, 0.717) is 6.42 Å². The number of amides is 4. The van der Waals surface area contributed by atoms with Crippen LogP contribution in [0.4, 0.5) is 0 Å². The lowest BCUT2D eigenvalue weighted by molar-refractivity contribution is -0.359. The summed E-state index contributed by atoms with van der Waals surface area (Å²) in [6, 6.07) is -6.02. The molecule has 28 heteroatoms. The summed E-state index contributed by atoms with van der Waals surface area (Å²) in [5, 5.41) is 98.8. The number of ether oxygens (including phenoxy) is 7. The summed E-state index contributed by atoms with van der Waals surface area (Å²) in [7, 11) is -5.07. The second kappa shape index (κ2) is 31.7. The van der Waals surface area contributed by atoms with E-state index in [1.807, 2.05) is 0 Å². The van der Waals surface area contributed by atoms with E-state index in [9.17, 15) is 73.0 Å². The Morgan fingerprint density at radius 2 is 0.840 bits per heavy atom. The summed E-state index contributed by atoms with van der Waals surface area (Å²) < 4.78 is 78.9. The zero-order valence-electron chi connectivity index (χ0n) is 43.4. The summed E-state index contributed by atoms with van der Waals surface area (Å²) >= 11 is 0. The first kappa shape index (κ1) is 64.7. The predicted octanol–water partition coefficient (Wildman–Crippen LogP) is -2.82. The summed E-state index contributed by atoms with van der Waals surface area (Å²) in [6.07, 6.45) is -12.5. The molecule has 4 saturated heterocycles. The highest BCUT2D eigenvalue weighted by Crippen LogP contribution is 2.35. The van der Waals surface area contributed by atoms with Crippen molar-refractivity contribution in [3.63, 3.8) is 0 Å². The van der Waals surface area contributed by atoms with Gasteiger partial charge in [-0.05, 0) is 13.3 Å². The van der Waals surface area contributed by atoms with Gasteiger partial charge in [0, 0.05) is 27.2 Å². The minimum absolute atomic E-state index is 0.0499. The number of rotatable bonds is 30. The fraction of sp³-hybridized carbons (Fsp3) is 0.915. The van der Waals surface area contributed by atoms with Gasteiger partial charge in [0.15, 0.2) is 18.9 Å². The molecular weight excluding hydrogens is 1020 g/mol. The number of carbonyl (C=O) groups excluding carboxylic acids is 4. The first-order valence-corrected chi connectivity index (χ1v) is 27.5. The number of hydrogen-bond donors (Lipinski definition) is 13. The second-order valence-electron chi connectivity index (χ2n) is 19.8. The lowest BCUT2D eigenvalue weighted by atomic mass is 9.92. The number of aliphatic hydroxyl groups excluding tert-OH is 8. The second-order valence-corrected chi connectivity index (χ2v) is 20.9. The molecule has 20 atom stereocenters. The van der Waals surface area contributed by atoms with Crippen LogP contribution < -0.4 is 21.3 Å². The maximum Gasteiger partial charge on any atom is 0.397 e. The summed E-state index contributed by atoms with van der Waals surface area (Å²) in [4.78, 5) is 50.6. The van der Waals surface area contributed by atoms with Crippen LogP contribution >= 0.6 is 0 Å². The average Bonchev–Trinajstić information content (AvgIpc) is 3.34. The van der Waals surface area contributed by atoms with E-state index in [-0.39, 0.29) is 6.42 Å². The SMILES string of the molecule is CCCCCCCCCCCCCCCC(=O)N[C@H]1C(OC2C(O)[C@@H](NC(C)=O)[C@H](OC3C(O)[C@@H](NC(C)=O)C(OC4C(O)[C@@H](NC(C)=O)[C@H](C)O[C@H]4COS(=O)(=O)O)O[C@@H]3CO)O[C@H]2CO)O[C@H](CO)C(O)C1O. The van der Waals surface area contributed by atoms with Crippen LogP contribution in [0, 0.1) is 0 Å². The zero-order valence-corrected chi connectivity index (χ0v) is 44.2. The van der Waals surface area contributed by atoms with Gasteiger partial charge in [-0.25, -0.2) is 4.18 Å². The molecule has 0 aromatic rings. The maximum absolute atomic E-state index is 13.3. The van der Waals surface area contributed by atoms with Gasteiger partial charge in [0.1, 0.15) is 91.4 Å². The fourth-order valence-electron chi connectivity index (χ4n) is 9.89. The van der Waals surface area contributed by atoms with Crippen LogP contribution in [0.25, 0.3) is 0 Å². The smallest absolute Gasteiger partial charge is 0.394 e. The third-order valence-corrected chi connectivity index (χ3v) is 14.2. The van der Waals surface area contributed by atoms with Crippen molar-refractivity contribution in [2.75, 3.05) is 26.4 Å². The minimum Gasteiger partial charge on any atom is -0.394 e. The predicted molar refractivity (Wildman–Crippen MR) is 259 cm³/mol. The molecule has 13 N–H and O–H groups in total. The van der Waals surface area contributed by atoms with Crippen molar-refractivity contribution in [2.45, 2.75) is 247 Å². The van der Waals surface area contributed by atoms with Gasteiger partial charge in [-0.1, -0.05) is 84.0 Å². The van der Waals surface area contributed by atoms with Crippen molar-refractivity contribution >= 4 is 34.0 Å². The van der Waals surface area contributed by atoms with Gasteiger partial charge in [-0.15, -0.1) is 0 Å². The fourth-order valence-corrected chi connectivity index (χ4v) is 10.2. The Balaban J connectivity index is 1.49. The highest BCUT2D eigenvalue weighted by atomic mass is 32.3. The third-order valence-electron chi connectivity index (χ3n) is 13.8. The molecule has 0 bridgehead atoms. The van der Waals surface area contributed by atoms with Crippen LogP contribution in [0.2, 0.25) is 0 Å². The topological polar surface area (TPSA) is 406 Å². The molecule has 27 nitrogen and oxygen atoms in total. The van der Waals surface area contributed by atoms with Crippen LogP contribution in [0.1, 0.15) is 125 Å². The third kappa shape index (κ3) is 19.5. The minimum atomic E-state index is -5.07. The van der Waals surface area contributed by atoms with Crippen LogP contribution in [-0.2, 0) is 66.9 Å². The van der Waals surface area contributed by atoms with E-state index in [1.165, 1.54) is 51.9 Å². The largest absolute Gasteiger partial charge is 0.397 e. The van der Waals surface area contributed by atoms with E-state index in [0.717, 1.165) is 52.9 Å². The van der Waals surface area contributed by atoms with Gasteiger partial charge in [0.2, 0.25) is 23.6 Å². The Hall–Kier alpha value is -2.85. The van der Waals surface area contributed by atoms with Gasteiger partial charge in [0.05, 0.1) is 38.6 Å². The lowest BCUT2D eigenvalue weighted by Crippen LogP contribution is -2.71. The Kier molecular flexibility index (Phi) is 27.3. The Morgan fingerprint density at radius 1 is 0.480 bits per heavy atom. The molecule has 436 valence electrons. The molecule has 4 aliphatic heterocycles. The van der Waals surface area contributed by atoms with E-state index in [1.54, 1.807) is 0 Å². The Labute approximate surface area is 437 Å². The van der Waals surface area contributed by atoms with Crippen LogP contribution in [-0.4, -0.2) is 226 Å². The van der Waals surface area contributed by atoms with Crippen molar-refractivity contribution in [3.8, 4) is 0 Å².